The molecule has 0 aliphatic carbocycles. The molecule has 0 aromatic carbocycles. The monoisotopic (exact) mass is 217 g/mol. The summed E-state index contributed by atoms with van der Waals surface area (Å²) >= 11 is 0. The van der Waals surface area contributed by atoms with Gasteiger partial charge in [-0.2, -0.15) is 5.10 Å². The van der Waals surface area contributed by atoms with E-state index < -0.39 is 6.10 Å². The Labute approximate surface area is 94.6 Å². The fourth-order valence-corrected chi connectivity index (χ4v) is 1.79. The molecule has 2 heterocycles. The summed E-state index contributed by atoms with van der Waals surface area (Å²) in [7, 11) is 1.84. The van der Waals surface area contributed by atoms with Gasteiger partial charge in [-0.05, 0) is 19.4 Å². The van der Waals surface area contributed by atoms with Crippen molar-refractivity contribution in [2.24, 2.45) is 7.05 Å². The van der Waals surface area contributed by atoms with Gasteiger partial charge in [0.25, 0.3) is 0 Å². The molecule has 4 nitrogen and oxygen atoms in total. The minimum Gasteiger partial charge on any atom is -0.383 e. The van der Waals surface area contributed by atoms with Gasteiger partial charge in [0, 0.05) is 36.8 Å². The SMILES string of the molecule is Cc1cncc(C(O)c2cn(C)nc2C)c1. The fraction of sp³-hybridized carbons (Fsp3) is 0.333. The first-order valence-corrected chi connectivity index (χ1v) is 5.17. The van der Waals surface area contributed by atoms with Crippen LogP contribution in [0.4, 0.5) is 0 Å². The third kappa shape index (κ3) is 1.97. The van der Waals surface area contributed by atoms with Crippen LogP contribution < -0.4 is 0 Å². The molecule has 0 saturated carbocycles. The van der Waals surface area contributed by atoms with E-state index in [1.807, 2.05) is 33.2 Å². The van der Waals surface area contributed by atoms with Gasteiger partial charge in [0.1, 0.15) is 6.10 Å². The molecule has 84 valence electrons. The number of rotatable bonds is 2. The van der Waals surface area contributed by atoms with Crippen molar-refractivity contribution in [1.82, 2.24) is 14.8 Å². The highest BCUT2D eigenvalue weighted by molar-refractivity contribution is 5.30. The van der Waals surface area contributed by atoms with Crippen LogP contribution in [0.2, 0.25) is 0 Å². The second kappa shape index (κ2) is 4.06. The highest BCUT2D eigenvalue weighted by Crippen LogP contribution is 2.23. The number of nitrogens with zero attached hydrogens (tertiary/aromatic N) is 3. The number of hydrogen-bond acceptors (Lipinski definition) is 3. The summed E-state index contributed by atoms with van der Waals surface area (Å²) in [4.78, 5) is 4.08. The van der Waals surface area contributed by atoms with Gasteiger partial charge in [0.2, 0.25) is 0 Å². The Hall–Kier alpha value is -1.68. The van der Waals surface area contributed by atoms with Crippen LogP contribution >= 0.6 is 0 Å². The summed E-state index contributed by atoms with van der Waals surface area (Å²) in [6, 6.07) is 1.93. The van der Waals surface area contributed by atoms with Crippen molar-refractivity contribution in [1.29, 1.82) is 0 Å². The minimum absolute atomic E-state index is 0.652. The number of hydrogen-bond donors (Lipinski definition) is 1. The number of aromatic nitrogens is 3. The molecule has 0 saturated heterocycles. The summed E-state index contributed by atoms with van der Waals surface area (Å²) in [6.45, 7) is 3.85. The van der Waals surface area contributed by atoms with Crippen molar-refractivity contribution in [3.63, 3.8) is 0 Å². The number of pyridine rings is 1. The zero-order valence-corrected chi connectivity index (χ0v) is 9.68. The van der Waals surface area contributed by atoms with E-state index in [0.717, 1.165) is 22.4 Å². The molecule has 16 heavy (non-hydrogen) atoms. The highest BCUT2D eigenvalue weighted by atomic mass is 16.3. The molecule has 0 aliphatic rings. The lowest BCUT2D eigenvalue weighted by Gasteiger charge is -2.09. The van der Waals surface area contributed by atoms with Crippen LogP contribution in [0.25, 0.3) is 0 Å². The van der Waals surface area contributed by atoms with E-state index in [1.165, 1.54) is 0 Å². The van der Waals surface area contributed by atoms with Gasteiger partial charge in [0.15, 0.2) is 0 Å². The van der Waals surface area contributed by atoms with Crippen LogP contribution in [0.1, 0.15) is 28.5 Å². The first-order chi connectivity index (χ1) is 7.58. The molecule has 0 spiro atoms. The van der Waals surface area contributed by atoms with E-state index in [1.54, 1.807) is 17.1 Å². The zero-order chi connectivity index (χ0) is 11.7. The summed E-state index contributed by atoms with van der Waals surface area (Å²) < 4.78 is 1.71. The second-order valence-electron chi connectivity index (χ2n) is 4.04. The lowest BCUT2D eigenvalue weighted by molar-refractivity contribution is 0.219. The smallest absolute Gasteiger partial charge is 0.109 e. The Morgan fingerprint density at radius 2 is 2.06 bits per heavy atom. The quantitative estimate of drug-likeness (QED) is 0.829. The van der Waals surface area contributed by atoms with Crippen molar-refractivity contribution in [2.45, 2.75) is 20.0 Å². The summed E-state index contributed by atoms with van der Waals surface area (Å²) in [6.07, 6.45) is 4.64. The van der Waals surface area contributed by atoms with Gasteiger partial charge in [-0.1, -0.05) is 6.07 Å². The third-order valence-electron chi connectivity index (χ3n) is 2.56. The molecule has 0 fully saturated rings. The average Bonchev–Trinajstić information content (AvgIpc) is 2.57. The van der Waals surface area contributed by atoms with Crippen LogP contribution in [-0.4, -0.2) is 19.9 Å². The minimum atomic E-state index is -0.652. The molecule has 0 radical (unpaired) electrons. The van der Waals surface area contributed by atoms with E-state index in [2.05, 4.69) is 10.1 Å². The second-order valence-corrected chi connectivity index (χ2v) is 4.04. The topological polar surface area (TPSA) is 50.9 Å². The van der Waals surface area contributed by atoms with Crippen molar-refractivity contribution >= 4 is 0 Å². The van der Waals surface area contributed by atoms with Crippen molar-refractivity contribution in [3.8, 4) is 0 Å². The first kappa shape index (κ1) is 10.8. The number of aliphatic hydroxyl groups is 1. The van der Waals surface area contributed by atoms with Crippen molar-refractivity contribution < 1.29 is 5.11 Å². The molecule has 4 heteroatoms. The highest BCUT2D eigenvalue weighted by Gasteiger charge is 2.15. The Kier molecular flexibility index (Phi) is 2.75. The van der Waals surface area contributed by atoms with Gasteiger partial charge < -0.3 is 5.11 Å². The van der Waals surface area contributed by atoms with E-state index in [-0.39, 0.29) is 0 Å². The van der Waals surface area contributed by atoms with E-state index in [4.69, 9.17) is 0 Å². The summed E-state index contributed by atoms with van der Waals surface area (Å²) in [5, 5.41) is 14.4. The molecule has 1 atom stereocenters. The molecule has 2 aromatic heterocycles. The van der Waals surface area contributed by atoms with Gasteiger partial charge in [-0.25, -0.2) is 0 Å². The molecule has 1 unspecified atom stereocenters. The molecule has 0 aliphatic heterocycles. The van der Waals surface area contributed by atoms with Crippen LogP contribution in [0.3, 0.4) is 0 Å². The Bertz CT molecular complexity index is 505. The molecule has 0 amide bonds. The molecule has 2 aromatic rings. The van der Waals surface area contributed by atoms with Crippen LogP contribution in [-0.2, 0) is 7.05 Å². The maximum absolute atomic E-state index is 10.2. The predicted molar refractivity (Wildman–Crippen MR) is 61.0 cm³/mol. The van der Waals surface area contributed by atoms with Crippen molar-refractivity contribution in [2.75, 3.05) is 0 Å². The van der Waals surface area contributed by atoms with E-state index >= 15 is 0 Å². The summed E-state index contributed by atoms with van der Waals surface area (Å²) in [5.41, 5.74) is 3.51. The molecule has 1 N–H and O–H groups in total. The normalized spacial score (nSPS) is 12.8. The van der Waals surface area contributed by atoms with Gasteiger partial charge in [-0.3, -0.25) is 9.67 Å². The molecule has 2 rings (SSSR count). The Morgan fingerprint density at radius 1 is 1.31 bits per heavy atom. The first-order valence-electron chi connectivity index (χ1n) is 5.17. The van der Waals surface area contributed by atoms with Crippen LogP contribution in [0, 0.1) is 13.8 Å². The van der Waals surface area contributed by atoms with Gasteiger partial charge >= 0.3 is 0 Å². The maximum atomic E-state index is 10.2. The summed E-state index contributed by atoms with van der Waals surface area (Å²) in [5.74, 6) is 0. The van der Waals surface area contributed by atoms with Crippen LogP contribution in [0.5, 0.6) is 0 Å². The number of aryl methyl sites for hydroxylation is 3. The fourth-order valence-electron chi connectivity index (χ4n) is 1.79. The van der Waals surface area contributed by atoms with E-state index in [9.17, 15) is 5.11 Å². The average molecular weight is 217 g/mol. The largest absolute Gasteiger partial charge is 0.383 e. The lowest BCUT2D eigenvalue weighted by atomic mass is 10.0. The number of aliphatic hydroxyl groups excluding tert-OH is 1. The van der Waals surface area contributed by atoms with E-state index in [0.29, 0.717) is 0 Å². The maximum Gasteiger partial charge on any atom is 0.109 e. The molecular weight excluding hydrogens is 202 g/mol. The zero-order valence-electron chi connectivity index (χ0n) is 9.68. The van der Waals surface area contributed by atoms with Gasteiger partial charge in [0.05, 0.1) is 5.69 Å². The van der Waals surface area contributed by atoms with Gasteiger partial charge in [-0.15, -0.1) is 0 Å². The third-order valence-corrected chi connectivity index (χ3v) is 2.56. The standard InChI is InChI=1S/C12H15N3O/c1-8-4-10(6-13-5-8)12(16)11-7-15(3)14-9(11)2/h4-7,12,16H,1-3H3. The predicted octanol–water partition coefficient (Wildman–Crippen LogP) is 1.51. The Morgan fingerprint density at radius 3 is 2.62 bits per heavy atom. The molecule has 0 bridgehead atoms. The Balaban J connectivity index is 2.38. The molecular formula is C12H15N3O. The van der Waals surface area contributed by atoms with Crippen LogP contribution in [0.15, 0.2) is 24.7 Å². The lowest BCUT2D eigenvalue weighted by Crippen LogP contribution is -2.01. The van der Waals surface area contributed by atoms with Crippen molar-refractivity contribution in [3.05, 3.63) is 47.0 Å².